The van der Waals surface area contributed by atoms with Crippen LogP contribution in [0.2, 0.25) is 0 Å². The van der Waals surface area contributed by atoms with E-state index in [4.69, 9.17) is 0 Å². The molecule has 0 bridgehead atoms. The van der Waals surface area contributed by atoms with Crippen molar-refractivity contribution >= 4 is 5.78 Å². The number of ketones is 1. The third-order valence-electron chi connectivity index (χ3n) is 2.99. The molecule has 2 aliphatic heterocycles. The lowest BCUT2D eigenvalue weighted by Gasteiger charge is -2.35. The van der Waals surface area contributed by atoms with Crippen molar-refractivity contribution in [1.29, 1.82) is 0 Å². The molecule has 13 heavy (non-hydrogen) atoms. The lowest BCUT2D eigenvalue weighted by molar-refractivity contribution is -0.123. The highest BCUT2D eigenvalue weighted by atomic mass is 16.1. The Bertz CT molecular complexity index is 187. The van der Waals surface area contributed by atoms with Crippen LogP contribution < -0.4 is 5.32 Å². The van der Waals surface area contributed by atoms with Crippen LogP contribution in [-0.4, -0.2) is 42.9 Å². The number of Topliss-reactive ketones (excluding diaryl/α,β-unsaturated/α-hetero) is 1. The quantitative estimate of drug-likeness (QED) is 0.587. The van der Waals surface area contributed by atoms with Crippen molar-refractivity contribution in [3.8, 4) is 0 Å². The predicted molar refractivity (Wildman–Crippen MR) is 50.7 cm³/mol. The van der Waals surface area contributed by atoms with Crippen LogP contribution in [0.1, 0.15) is 25.7 Å². The molecule has 73 valence electrons. The molecule has 0 spiro atoms. The first-order valence-corrected chi connectivity index (χ1v) is 5.25. The fraction of sp³-hybridized carbons (Fsp3) is 0.900. The highest BCUT2D eigenvalue weighted by molar-refractivity contribution is 5.81. The van der Waals surface area contributed by atoms with Crippen LogP contribution in [-0.2, 0) is 4.79 Å². The van der Waals surface area contributed by atoms with E-state index < -0.39 is 0 Å². The first-order chi connectivity index (χ1) is 6.36. The summed E-state index contributed by atoms with van der Waals surface area (Å²) in [6.07, 6.45) is 4.28. The number of likely N-dealkylation sites (tertiary alicyclic amines) is 1. The van der Waals surface area contributed by atoms with Crippen LogP contribution in [0.5, 0.6) is 0 Å². The lowest BCUT2D eigenvalue weighted by Crippen LogP contribution is -2.48. The molecule has 0 amide bonds. The van der Waals surface area contributed by atoms with E-state index in [-0.39, 0.29) is 0 Å². The van der Waals surface area contributed by atoms with Crippen molar-refractivity contribution in [1.82, 2.24) is 10.2 Å². The van der Waals surface area contributed by atoms with Gasteiger partial charge in [-0.1, -0.05) is 0 Å². The molecule has 0 aromatic carbocycles. The van der Waals surface area contributed by atoms with Gasteiger partial charge in [0.1, 0.15) is 5.78 Å². The highest BCUT2D eigenvalue weighted by Gasteiger charge is 2.25. The van der Waals surface area contributed by atoms with Crippen LogP contribution in [0.25, 0.3) is 0 Å². The molecular formula is C10H17N2O. The molecule has 2 aliphatic rings. The molecule has 0 aromatic heterocycles. The van der Waals surface area contributed by atoms with Crippen LogP contribution >= 0.6 is 0 Å². The zero-order valence-corrected chi connectivity index (χ0v) is 8.04. The monoisotopic (exact) mass is 181 g/mol. The molecule has 2 rings (SSSR count). The maximum Gasteiger partial charge on any atom is 0.146 e. The number of hydrogen-bond acceptors (Lipinski definition) is 2. The lowest BCUT2D eigenvalue weighted by atomic mass is 10.0. The molecule has 2 heterocycles. The fourth-order valence-electron chi connectivity index (χ4n) is 2.24. The summed E-state index contributed by atoms with van der Waals surface area (Å²) in [5, 5.41) is 4.41. The van der Waals surface area contributed by atoms with E-state index in [0.717, 1.165) is 32.5 Å². The first kappa shape index (κ1) is 9.16. The Hall–Kier alpha value is -0.410. The standard InChI is InChI=1S/C10H17N2O/c13-10-4-2-6-12(8-10)9-3-1-5-11-7-9/h9H,1-8H2. The number of carbonyl (C=O) groups is 1. The maximum atomic E-state index is 11.2. The van der Waals surface area contributed by atoms with Crippen LogP contribution in [0, 0.1) is 0 Å². The van der Waals surface area contributed by atoms with Gasteiger partial charge in [-0.3, -0.25) is 9.69 Å². The van der Waals surface area contributed by atoms with Crippen molar-refractivity contribution in [2.75, 3.05) is 26.2 Å². The van der Waals surface area contributed by atoms with Gasteiger partial charge < -0.3 is 0 Å². The maximum absolute atomic E-state index is 11.2. The van der Waals surface area contributed by atoms with E-state index in [2.05, 4.69) is 10.2 Å². The average molecular weight is 181 g/mol. The molecule has 1 atom stereocenters. The highest BCUT2D eigenvalue weighted by Crippen LogP contribution is 2.15. The van der Waals surface area contributed by atoms with Crippen LogP contribution in [0.3, 0.4) is 0 Å². The van der Waals surface area contributed by atoms with Crippen molar-refractivity contribution in [3.63, 3.8) is 0 Å². The molecule has 0 aliphatic carbocycles. The van der Waals surface area contributed by atoms with Gasteiger partial charge in [-0.05, 0) is 25.8 Å². The Balaban J connectivity index is 1.87. The van der Waals surface area contributed by atoms with Gasteiger partial charge in [0.2, 0.25) is 0 Å². The minimum atomic E-state index is 0.414. The minimum Gasteiger partial charge on any atom is -0.298 e. The Morgan fingerprint density at radius 2 is 2.31 bits per heavy atom. The third-order valence-corrected chi connectivity index (χ3v) is 2.99. The topological polar surface area (TPSA) is 34.4 Å². The Labute approximate surface area is 79.5 Å². The van der Waals surface area contributed by atoms with E-state index in [0.29, 0.717) is 18.4 Å². The minimum absolute atomic E-state index is 0.414. The second-order valence-electron chi connectivity index (χ2n) is 4.04. The number of nitrogens with zero attached hydrogens (tertiary/aromatic N) is 2. The summed E-state index contributed by atoms with van der Waals surface area (Å²) < 4.78 is 0. The molecule has 1 radical (unpaired) electrons. The van der Waals surface area contributed by atoms with E-state index in [1.54, 1.807) is 0 Å². The second-order valence-corrected chi connectivity index (χ2v) is 4.04. The van der Waals surface area contributed by atoms with Crippen LogP contribution in [0.15, 0.2) is 0 Å². The van der Waals surface area contributed by atoms with E-state index in [9.17, 15) is 4.79 Å². The molecule has 3 heteroatoms. The summed E-state index contributed by atoms with van der Waals surface area (Å²) in [6, 6.07) is 0.568. The van der Waals surface area contributed by atoms with Gasteiger partial charge >= 0.3 is 0 Å². The van der Waals surface area contributed by atoms with Gasteiger partial charge in [0.05, 0.1) is 6.54 Å². The zero-order valence-electron chi connectivity index (χ0n) is 8.04. The molecule has 0 N–H and O–H groups in total. The SMILES string of the molecule is O=C1CCCN(C2CCC[N]C2)C1. The average Bonchev–Trinajstić information content (AvgIpc) is 2.19. The molecular weight excluding hydrogens is 164 g/mol. The molecule has 0 aromatic rings. The molecule has 3 nitrogen and oxygen atoms in total. The molecule has 1 unspecified atom stereocenters. The van der Waals surface area contributed by atoms with Crippen molar-refractivity contribution in [3.05, 3.63) is 0 Å². The Morgan fingerprint density at radius 1 is 1.38 bits per heavy atom. The van der Waals surface area contributed by atoms with Gasteiger partial charge in [-0.2, -0.15) is 0 Å². The van der Waals surface area contributed by atoms with Crippen LogP contribution in [0.4, 0.5) is 0 Å². The van der Waals surface area contributed by atoms with E-state index >= 15 is 0 Å². The molecule has 0 saturated carbocycles. The van der Waals surface area contributed by atoms with Crippen molar-refractivity contribution in [2.45, 2.75) is 31.7 Å². The van der Waals surface area contributed by atoms with Gasteiger partial charge in [0.25, 0.3) is 0 Å². The summed E-state index contributed by atoms with van der Waals surface area (Å²) >= 11 is 0. The smallest absolute Gasteiger partial charge is 0.146 e. The Kier molecular flexibility index (Phi) is 2.96. The van der Waals surface area contributed by atoms with Gasteiger partial charge in [0, 0.05) is 25.6 Å². The Morgan fingerprint density at radius 3 is 3.00 bits per heavy atom. The normalized spacial score (nSPS) is 32.0. The zero-order chi connectivity index (χ0) is 9.10. The summed E-state index contributed by atoms with van der Waals surface area (Å²) in [5.74, 6) is 0.414. The summed E-state index contributed by atoms with van der Waals surface area (Å²) in [7, 11) is 0. The first-order valence-electron chi connectivity index (χ1n) is 5.25. The third kappa shape index (κ3) is 2.29. The summed E-state index contributed by atoms with van der Waals surface area (Å²) in [5.41, 5.74) is 0. The fourth-order valence-corrected chi connectivity index (χ4v) is 2.24. The summed E-state index contributed by atoms with van der Waals surface area (Å²) in [6.45, 7) is 3.76. The predicted octanol–water partition coefficient (Wildman–Crippen LogP) is 0.418. The van der Waals surface area contributed by atoms with Gasteiger partial charge in [-0.15, -0.1) is 0 Å². The number of rotatable bonds is 1. The van der Waals surface area contributed by atoms with E-state index in [1.807, 2.05) is 0 Å². The molecule has 2 fully saturated rings. The van der Waals surface area contributed by atoms with Crippen molar-refractivity contribution < 1.29 is 4.79 Å². The number of carbonyl (C=O) groups excluding carboxylic acids is 1. The van der Waals surface area contributed by atoms with Gasteiger partial charge in [0.15, 0.2) is 0 Å². The second kappa shape index (κ2) is 4.20. The number of hydrogen-bond donors (Lipinski definition) is 0. The van der Waals surface area contributed by atoms with E-state index in [1.165, 1.54) is 12.8 Å². The number of piperidine rings is 2. The molecule has 2 saturated heterocycles. The van der Waals surface area contributed by atoms with Gasteiger partial charge in [-0.25, -0.2) is 5.32 Å². The largest absolute Gasteiger partial charge is 0.298 e. The summed E-state index contributed by atoms with van der Waals surface area (Å²) in [4.78, 5) is 13.6. The van der Waals surface area contributed by atoms with Crippen molar-refractivity contribution in [2.24, 2.45) is 0 Å².